The Morgan fingerprint density at radius 2 is 2.11 bits per heavy atom. The number of carbonyl (C=O) groups excluding carboxylic acids is 1. The molecule has 0 aromatic carbocycles. The summed E-state index contributed by atoms with van der Waals surface area (Å²) >= 11 is 11.8. The Morgan fingerprint density at radius 3 is 2.68 bits per heavy atom. The summed E-state index contributed by atoms with van der Waals surface area (Å²) in [6.07, 6.45) is 0.965. The number of hydrogen-bond acceptors (Lipinski definition) is 4. The first-order chi connectivity index (χ1) is 8.92. The third-order valence-corrected chi connectivity index (χ3v) is 3.68. The highest BCUT2D eigenvalue weighted by molar-refractivity contribution is 6.34. The Balaban J connectivity index is 2.19. The first-order valence-electron chi connectivity index (χ1n) is 5.93. The van der Waals surface area contributed by atoms with Crippen LogP contribution in [0, 0.1) is 6.92 Å². The SMILES string of the molecule is Cc1cc(Cl)nc(Cl)c1NC(=O)C1(N)CCOCC1. The van der Waals surface area contributed by atoms with Crippen molar-refractivity contribution in [2.24, 2.45) is 5.73 Å². The number of ether oxygens (including phenoxy) is 1. The fourth-order valence-electron chi connectivity index (χ4n) is 1.95. The van der Waals surface area contributed by atoms with Gasteiger partial charge in [-0.15, -0.1) is 0 Å². The zero-order chi connectivity index (χ0) is 14.0. The molecule has 0 unspecified atom stereocenters. The van der Waals surface area contributed by atoms with Crippen molar-refractivity contribution < 1.29 is 9.53 Å². The third-order valence-electron chi connectivity index (χ3n) is 3.22. The van der Waals surface area contributed by atoms with Gasteiger partial charge in [-0.25, -0.2) is 4.98 Å². The van der Waals surface area contributed by atoms with Crippen molar-refractivity contribution in [3.63, 3.8) is 0 Å². The van der Waals surface area contributed by atoms with E-state index in [0.29, 0.717) is 31.7 Å². The molecular weight excluding hydrogens is 289 g/mol. The maximum Gasteiger partial charge on any atom is 0.244 e. The first kappa shape index (κ1) is 14.5. The van der Waals surface area contributed by atoms with Crippen LogP contribution in [-0.2, 0) is 9.53 Å². The molecule has 1 aliphatic rings. The molecule has 5 nitrogen and oxygen atoms in total. The number of nitrogens with one attached hydrogen (secondary N) is 1. The van der Waals surface area contributed by atoms with Crippen LogP contribution in [0.1, 0.15) is 18.4 Å². The van der Waals surface area contributed by atoms with E-state index in [-0.39, 0.29) is 16.2 Å². The second-order valence-electron chi connectivity index (χ2n) is 4.65. The van der Waals surface area contributed by atoms with E-state index >= 15 is 0 Å². The number of amides is 1. The van der Waals surface area contributed by atoms with Crippen LogP contribution < -0.4 is 11.1 Å². The van der Waals surface area contributed by atoms with Gasteiger partial charge in [-0.1, -0.05) is 23.2 Å². The van der Waals surface area contributed by atoms with Gasteiger partial charge in [-0.3, -0.25) is 4.79 Å². The van der Waals surface area contributed by atoms with Crippen LogP contribution in [0.5, 0.6) is 0 Å². The van der Waals surface area contributed by atoms with Gasteiger partial charge in [0.1, 0.15) is 10.7 Å². The number of aryl methyl sites for hydroxylation is 1. The summed E-state index contributed by atoms with van der Waals surface area (Å²) < 4.78 is 5.21. The number of pyridine rings is 1. The highest BCUT2D eigenvalue weighted by Gasteiger charge is 2.36. The van der Waals surface area contributed by atoms with Crippen LogP contribution in [-0.4, -0.2) is 29.6 Å². The predicted molar refractivity (Wildman–Crippen MR) is 74.6 cm³/mol. The summed E-state index contributed by atoms with van der Waals surface area (Å²) in [5.74, 6) is -0.273. The number of carbonyl (C=O) groups is 1. The van der Waals surface area contributed by atoms with Crippen molar-refractivity contribution >= 4 is 34.8 Å². The number of nitrogens with zero attached hydrogens (tertiary/aromatic N) is 1. The summed E-state index contributed by atoms with van der Waals surface area (Å²) in [6.45, 7) is 2.76. The highest BCUT2D eigenvalue weighted by atomic mass is 35.5. The molecule has 1 aromatic heterocycles. The molecule has 0 aliphatic carbocycles. The minimum atomic E-state index is -0.923. The fourth-order valence-corrected chi connectivity index (χ4v) is 2.53. The topological polar surface area (TPSA) is 77.2 Å². The lowest BCUT2D eigenvalue weighted by Gasteiger charge is -2.32. The van der Waals surface area contributed by atoms with Crippen LogP contribution >= 0.6 is 23.2 Å². The molecule has 0 spiro atoms. The van der Waals surface area contributed by atoms with Crippen LogP contribution in [0.3, 0.4) is 0 Å². The molecule has 1 fully saturated rings. The predicted octanol–water partition coefficient (Wildman–Crippen LogP) is 2.14. The maximum atomic E-state index is 12.3. The van der Waals surface area contributed by atoms with Gasteiger partial charge in [0.05, 0.1) is 5.69 Å². The second-order valence-corrected chi connectivity index (χ2v) is 5.40. The van der Waals surface area contributed by atoms with Gasteiger partial charge in [-0.2, -0.15) is 0 Å². The summed E-state index contributed by atoms with van der Waals surface area (Å²) in [4.78, 5) is 16.2. The second kappa shape index (κ2) is 5.63. The Morgan fingerprint density at radius 1 is 1.47 bits per heavy atom. The Kier molecular flexibility index (Phi) is 4.30. The Labute approximate surface area is 121 Å². The molecule has 19 heavy (non-hydrogen) atoms. The fraction of sp³-hybridized carbons (Fsp3) is 0.500. The van der Waals surface area contributed by atoms with Gasteiger partial charge in [0.2, 0.25) is 5.91 Å². The van der Waals surface area contributed by atoms with Crippen LogP contribution in [0.2, 0.25) is 10.3 Å². The Bertz CT molecular complexity index is 479. The van der Waals surface area contributed by atoms with Gasteiger partial charge in [0, 0.05) is 13.2 Å². The van der Waals surface area contributed by atoms with Crippen molar-refractivity contribution in [2.75, 3.05) is 18.5 Å². The average molecular weight is 304 g/mol. The molecule has 1 saturated heterocycles. The molecule has 2 heterocycles. The molecule has 1 amide bonds. The molecule has 0 bridgehead atoms. The minimum Gasteiger partial charge on any atom is -0.381 e. The molecule has 104 valence electrons. The van der Waals surface area contributed by atoms with Gasteiger partial charge in [0.15, 0.2) is 5.15 Å². The lowest BCUT2D eigenvalue weighted by Crippen LogP contribution is -2.54. The van der Waals surface area contributed by atoms with E-state index in [4.69, 9.17) is 33.7 Å². The molecule has 2 rings (SSSR count). The summed E-state index contributed by atoms with van der Waals surface area (Å²) in [6, 6.07) is 1.64. The summed E-state index contributed by atoms with van der Waals surface area (Å²) in [5.41, 5.74) is 6.37. The number of hydrogen-bond donors (Lipinski definition) is 2. The van der Waals surface area contributed by atoms with Gasteiger partial charge in [0.25, 0.3) is 0 Å². The van der Waals surface area contributed by atoms with Crippen molar-refractivity contribution in [3.8, 4) is 0 Å². The molecule has 1 aromatic rings. The lowest BCUT2D eigenvalue weighted by atomic mass is 9.90. The number of anilines is 1. The molecule has 3 N–H and O–H groups in total. The normalized spacial score (nSPS) is 18.1. The number of aromatic nitrogens is 1. The van der Waals surface area contributed by atoms with E-state index in [1.165, 1.54) is 0 Å². The molecule has 0 saturated carbocycles. The van der Waals surface area contributed by atoms with Crippen molar-refractivity contribution in [1.82, 2.24) is 4.98 Å². The Hall–Kier alpha value is -0.880. The zero-order valence-electron chi connectivity index (χ0n) is 10.5. The molecule has 7 heteroatoms. The van der Waals surface area contributed by atoms with E-state index in [1.807, 2.05) is 0 Å². The molecule has 1 aliphatic heterocycles. The number of rotatable bonds is 2. The first-order valence-corrected chi connectivity index (χ1v) is 6.69. The van der Waals surface area contributed by atoms with Crippen molar-refractivity contribution in [2.45, 2.75) is 25.3 Å². The quantitative estimate of drug-likeness (QED) is 0.821. The number of halogens is 2. The zero-order valence-corrected chi connectivity index (χ0v) is 12.0. The third kappa shape index (κ3) is 3.17. The average Bonchev–Trinajstić information content (AvgIpc) is 2.34. The summed E-state index contributed by atoms with van der Waals surface area (Å²) in [7, 11) is 0. The van der Waals surface area contributed by atoms with Crippen LogP contribution in [0.15, 0.2) is 6.07 Å². The molecular formula is C12H15Cl2N3O2. The van der Waals surface area contributed by atoms with Crippen molar-refractivity contribution in [1.29, 1.82) is 0 Å². The monoisotopic (exact) mass is 303 g/mol. The largest absolute Gasteiger partial charge is 0.381 e. The number of nitrogens with two attached hydrogens (primary N) is 1. The van der Waals surface area contributed by atoms with Crippen LogP contribution in [0.4, 0.5) is 5.69 Å². The van der Waals surface area contributed by atoms with E-state index in [9.17, 15) is 4.79 Å². The van der Waals surface area contributed by atoms with Gasteiger partial charge in [-0.05, 0) is 31.4 Å². The van der Waals surface area contributed by atoms with E-state index < -0.39 is 5.54 Å². The summed E-state index contributed by atoms with van der Waals surface area (Å²) in [5, 5.41) is 3.19. The van der Waals surface area contributed by atoms with Crippen LogP contribution in [0.25, 0.3) is 0 Å². The van der Waals surface area contributed by atoms with E-state index in [0.717, 1.165) is 5.56 Å². The smallest absolute Gasteiger partial charge is 0.244 e. The minimum absolute atomic E-state index is 0.161. The molecule has 0 atom stereocenters. The standard InChI is InChI=1S/C12H15Cl2N3O2/c1-7-6-8(13)16-10(14)9(7)17-11(18)12(15)2-4-19-5-3-12/h6H,2-5,15H2,1H3,(H,17,18). The van der Waals surface area contributed by atoms with E-state index in [2.05, 4.69) is 10.3 Å². The maximum absolute atomic E-state index is 12.3. The van der Waals surface area contributed by atoms with Gasteiger partial charge < -0.3 is 15.8 Å². The van der Waals surface area contributed by atoms with E-state index in [1.54, 1.807) is 13.0 Å². The van der Waals surface area contributed by atoms with Gasteiger partial charge >= 0.3 is 0 Å². The van der Waals surface area contributed by atoms with Crippen molar-refractivity contribution in [3.05, 3.63) is 21.9 Å². The lowest BCUT2D eigenvalue weighted by molar-refractivity contribution is -0.124. The molecule has 0 radical (unpaired) electrons. The highest BCUT2D eigenvalue weighted by Crippen LogP contribution is 2.28.